The van der Waals surface area contributed by atoms with Crippen LogP contribution in [0.15, 0.2) is 83.4 Å². The fourth-order valence-electron chi connectivity index (χ4n) is 4.13. The van der Waals surface area contributed by atoms with E-state index in [-0.39, 0.29) is 0 Å². The molecule has 0 radical (unpaired) electrons. The quantitative estimate of drug-likeness (QED) is 0.334. The second-order valence-corrected chi connectivity index (χ2v) is 8.56. The first kappa shape index (κ1) is 19.6. The standard InChI is InChI=1S/C27H23N5O/c1-18-25(17-32-29-27(28-31-32)24-5-3-2-4-6-24)26(33-30-18)23-15-13-22(14-16-23)21-11-9-20(10-12-21)19-7-8-19/h2-6,9-16,19H,7-8,17H2,1H3. The molecule has 0 aliphatic heterocycles. The fourth-order valence-corrected chi connectivity index (χ4v) is 4.13. The van der Waals surface area contributed by atoms with Crippen LogP contribution in [-0.2, 0) is 6.54 Å². The molecule has 2 aromatic heterocycles. The second-order valence-electron chi connectivity index (χ2n) is 8.56. The van der Waals surface area contributed by atoms with Gasteiger partial charge in [-0.15, -0.1) is 10.2 Å². The Morgan fingerprint density at radius 2 is 1.48 bits per heavy atom. The Labute approximate surface area is 191 Å². The molecular formula is C27H23N5O. The molecule has 0 bridgehead atoms. The summed E-state index contributed by atoms with van der Waals surface area (Å²) in [5, 5.41) is 17.2. The molecular weight excluding hydrogens is 410 g/mol. The molecule has 1 aliphatic carbocycles. The van der Waals surface area contributed by atoms with E-state index in [4.69, 9.17) is 4.52 Å². The summed E-state index contributed by atoms with van der Waals surface area (Å²) < 4.78 is 5.70. The molecule has 0 amide bonds. The Bertz CT molecular complexity index is 1380. The van der Waals surface area contributed by atoms with Gasteiger partial charge in [-0.05, 0) is 47.6 Å². The zero-order chi connectivity index (χ0) is 22.2. The highest BCUT2D eigenvalue weighted by molar-refractivity contribution is 5.70. The van der Waals surface area contributed by atoms with Crippen molar-refractivity contribution in [3.8, 4) is 33.8 Å². The minimum atomic E-state index is 0.439. The molecule has 6 heteroatoms. The molecule has 5 aromatic rings. The van der Waals surface area contributed by atoms with E-state index in [0.717, 1.165) is 34.1 Å². The van der Waals surface area contributed by atoms with Crippen LogP contribution in [0.1, 0.15) is 35.6 Å². The molecule has 1 saturated carbocycles. The number of aryl methyl sites for hydroxylation is 1. The first-order valence-corrected chi connectivity index (χ1v) is 11.2. The number of hydrogen-bond acceptors (Lipinski definition) is 5. The van der Waals surface area contributed by atoms with Crippen molar-refractivity contribution < 1.29 is 4.52 Å². The number of aromatic nitrogens is 5. The molecule has 2 heterocycles. The number of tetrazole rings is 1. The molecule has 6 nitrogen and oxygen atoms in total. The van der Waals surface area contributed by atoms with Crippen LogP contribution in [0.25, 0.3) is 33.8 Å². The molecule has 6 rings (SSSR count). The van der Waals surface area contributed by atoms with Crippen LogP contribution in [0.4, 0.5) is 0 Å². The SMILES string of the molecule is Cc1noc(-c2ccc(-c3ccc(C4CC4)cc3)cc2)c1Cn1nnc(-c2ccccc2)n1. The number of nitrogens with zero attached hydrogens (tertiary/aromatic N) is 5. The van der Waals surface area contributed by atoms with Gasteiger partial charge in [0.1, 0.15) is 0 Å². The van der Waals surface area contributed by atoms with Gasteiger partial charge in [0.25, 0.3) is 0 Å². The average Bonchev–Trinajstić information content (AvgIpc) is 3.52. The first-order valence-electron chi connectivity index (χ1n) is 11.2. The molecule has 3 aromatic carbocycles. The smallest absolute Gasteiger partial charge is 0.204 e. The molecule has 162 valence electrons. The monoisotopic (exact) mass is 433 g/mol. The normalized spacial score (nSPS) is 13.4. The van der Waals surface area contributed by atoms with Crippen LogP contribution in [-0.4, -0.2) is 25.4 Å². The van der Waals surface area contributed by atoms with E-state index < -0.39 is 0 Å². The van der Waals surface area contributed by atoms with Crippen LogP contribution < -0.4 is 0 Å². The van der Waals surface area contributed by atoms with Crippen LogP contribution in [0, 0.1) is 6.92 Å². The third-order valence-corrected chi connectivity index (χ3v) is 6.21. The molecule has 0 spiro atoms. The third kappa shape index (κ3) is 3.96. The molecule has 0 unspecified atom stereocenters. The third-order valence-electron chi connectivity index (χ3n) is 6.21. The van der Waals surface area contributed by atoms with Crippen LogP contribution >= 0.6 is 0 Å². The summed E-state index contributed by atoms with van der Waals surface area (Å²) in [6.45, 7) is 2.38. The molecule has 1 fully saturated rings. The highest BCUT2D eigenvalue weighted by Crippen LogP contribution is 2.40. The van der Waals surface area contributed by atoms with E-state index in [1.165, 1.54) is 29.5 Å². The van der Waals surface area contributed by atoms with Crippen LogP contribution in [0.3, 0.4) is 0 Å². The van der Waals surface area contributed by atoms with Crippen molar-refractivity contribution in [3.05, 3.63) is 95.7 Å². The lowest BCUT2D eigenvalue weighted by atomic mass is 9.99. The maximum Gasteiger partial charge on any atom is 0.204 e. The lowest BCUT2D eigenvalue weighted by Gasteiger charge is -2.06. The van der Waals surface area contributed by atoms with Crippen LogP contribution in [0.2, 0.25) is 0 Å². The molecule has 33 heavy (non-hydrogen) atoms. The Morgan fingerprint density at radius 3 is 2.18 bits per heavy atom. The highest BCUT2D eigenvalue weighted by Gasteiger charge is 2.23. The van der Waals surface area contributed by atoms with Crippen molar-refractivity contribution in [2.45, 2.75) is 32.2 Å². The Kier molecular flexibility index (Phi) is 4.83. The minimum absolute atomic E-state index is 0.439. The van der Waals surface area contributed by atoms with Crippen LogP contribution in [0.5, 0.6) is 0 Å². The van der Waals surface area contributed by atoms with E-state index in [2.05, 4.69) is 69.1 Å². The van der Waals surface area contributed by atoms with E-state index in [1.54, 1.807) is 4.80 Å². The van der Waals surface area contributed by atoms with Gasteiger partial charge in [-0.1, -0.05) is 84.0 Å². The van der Waals surface area contributed by atoms with Gasteiger partial charge in [0.2, 0.25) is 5.82 Å². The summed E-state index contributed by atoms with van der Waals surface area (Å²) in [5.41, 5.74) is 7.55. The van der Waals surface area contributed by atoms with Gasteiger partial charge >= 0.3 is 0 Å². The lowest BCUT2D eigenvalue weighted by molar-refractivity contribution is 0.426. The largest absolute Gasteiger partial charge is 0.356 e. The predicted molar refractivity (Wildman–Crippen MR) is 126 cm³/mol. The van der Waals surface area contributed by atoms with Crippen molar-refractivity contribution in [2.75, 3.05) is 0 Å². The average molecular weight is 434 g/mol. The maximum atomic E-state index is 5.70. The number of benzene rings is 3. The molecule has 0 atom stereocenters. The summed E-state index contributed by atoms with van der Waals surface area (Å²) in [5.74, 6) is 2.11. The predicted octanol–water partition coefficient (Wildman–Crippen LogP) is 5.90. The maximum absolute atomic E-state index is 5.70. The van der Waals surface area contributed by atoms with E-state index in [9.17, 15) is 0 Å². The van der Waals surface area contributed by atoms with Gasteiger partial charge in [0.05, 0.1) is 12.2 Å². The second kappa shape index (κ2) is 8.13. The topological polar surface area (TPSA) is 69.6 Å². The molecule has 0 N–H and O–H groups in total. The van der Waals surface area contributed by atoms with Gasteiger partial charge < -0.3 is 4.52 Å². The number of hydrogen-bond donors (Lipinski definition) is 0. The van der Waals surface area contributed by atoms with Gasteiger partial charge in [-0.2, -0.15) is 4.80 Å². The summed E-state index contributed by atoms with van der Waals surface area (Å²) >= 11 is 0. The Hall–Kier alpha value is -4.06. The summed E-state index contributed by atoms with van der Waals surface area (Å²) in [6.07, 6.45) is 2.65. The van der Waals surface area contributed by atoms with Gasteiger partial charge in [0, 0.05) is 16.7 Å². The first-order chi connectivity index (χ1) is 16.2. The summed E-state index contributed by atoms with van der Waals surface area (Å²) in [6, 6.07) is 27.2. The Balaban J connectivity index is 1.24. The van der Waals surface area contributed by atoms with Crippen molar-refractivity contribution in [1.29, 1.82) is 0 Å². The Morgan fingerprint density at radius 1 is 0.818 bits per heavy atom. The highest BCUT2D eigenvalue weighted by atomic mass is 16.5. The minimum Gasteiger partial charge on any atom is -0.356 e. The zero-order valence-electron chi connectivity index (χ0n) is 18.3. The van der Waals surface area contributed by atoms with Crippen molar-refractivity contribution in [3.63, 3.8) is 0 Å². The van der Waals surface area contributed by atoms with E-state index in [0.29, 0.717) is 12.4 Å². The van der Waals surface area contributed by atoms with Crippen molar-refractivity contribution in [1.82, 2.24) is 25.4 Å². The summed E-state index contributed by atoms with van der Waals surface area (Å²) in [4.78, 5) is 1.58. The number of rotatable bonds is 6. The fraction of sp³-hybridized carbons (Fsp3) is 0.185. The van der Waals surface area contributed by atoms with Gasteiger partial charge in [0.15, 0.2) is 5.76 Å². The molecule has 1 aliphatic rings. The zero-order valence-corrected chi connectivity index (χ0v) is 18.3. The summed E-state index contributed by atoms with van der Waals surface area (Å²) in [7, 11) is 0. The van der Waals surface area contributed by atoms with Gasteiger partial charge in [-0.3, -0.25) is 0 Å². The lowest BCUT2D eigenvalue weighted by Crippen LogP contribution is -2.05. The van der Waals surface area contributed by atoms with E-state index in [1.807, 2.05) is 37.3 Å². The van der Waals surface area contributed by atoms with Crippen molar-refractivity contribution >= 4 is 0 Å². The van der Waals surface area contributed by atoms with Gasteiger partial charge in [-0.25, -0.2) is 0 Å². The molecule has 0 saturated heterocycles. The van der Waals surface area contributed by atoms with Crippen molar-refractivity contribution in [2.24, 2.45) is 0 Å². The van der Waals surface area contributed by atoms with E-state index >= 15 is 0 Å².